The average molecular weight is 448 g/mol. The molecule has 1 aromatic carbocycles. The molecule has 1 unspecified atom stereocenters. The first-order valence-electron chi connectivity index (χ1n) is 12.1. The highest BCUT2D eigenvalue weighted by atomic mass is 16.5. The average Bonchev–Trinajstić information content (AvgIpc) is 3.44. The zero-order valence-corrected chi connectivity index (χ0v) is 19.5. The van der Waals surface area contributed by atoms with E-state index < -0.39 is 0 Å². The number of ether oxygens (including phenoxy) is 1. The zero-order valence-electron chi connectivity index (χ0n) is 19.5. The zero-order chi connectivity index (χ0) is 22.8. The van der Waals surface area contributed by atoms with Gasteiger partial charge in [-0.05, 0) is 68.7 Å². The highest BCUT2D eigenvalue weighted by Crippen LogP contribution is 2.27. The summed E-state index contributed by atoms with van der Waals surface area (Å²) in [5.41, 5.74) is 3.45. The second-order valence-corrected chi connectivity index (χ2v) is 9.72. The van der Waals surface area contributed by atoms with Gasteiger partial charge in [-0.2, -0.15) is 0 Å². The lowest BCUT2D eigenvalue weighted by atomic mass is 9.87. The lowest BCUT2D eigenvalue weighted by Gasteiger charge is -2.26. The Morgan fingerprint density at radius 2 is 2.00 bits per heavy atom. The van der Waals surface area contributed by atoms with Gasteiger partial charge in [0.1, 0.15) is 0 Å². The summed E-state index contributed by atoms with van der Waals surface area (Å²) < 4.78 is 9.12. The molecule has 3 heterocycles. The molecule has 2 fully saturated rings. The van der Waals surface area contributed by atoms with Gasteiger partial charge in [-0.3, -0.25) is 9.13 Å². The Morgan fingerprint density at radius 3 is 2.76 bits per heavy atom. The minimum atomic E-state index is -0.0445. The van der Waals surface area contributed by atoms with E-state index in [2.05, 4.69) is 17.2 Å². The van der Waals surface area contributed by atoms with E-state index >= 15 is 0 Å². The monoisotopic (exact) mass is 447 g/mol. The molecule has 1 saturated heterocycles. The predicted octanol–water partition coefficient (Wildman–Crippen LogP) is 4.43. The Morgan fingerprint density at radius 1 is 1.15 bits per heavy atom. The van der Waals surface area contributed by atoms with Gasteiger partial charge in [0.15, 0.2) is 0 Å². The van der Waals surface area contributed by atoms with Crippen molar-refractivity contribution in [1.29, 1.82) is 0 Å². The molecule has 2 aliphatic rings. The van der Waals surface area contributed by atoms with Crippen molar-refractivity contribution in [3.05, 3.63) is 58.8 Å². The number of nitrogens with zero attached hydrogens (tertiary/aromatic N) is 4. The summed E-state index contributed by atoms with van der Waals surface area (Å²) in [6.07, 6.45) is 9.46. The van der Waals surface area contributed by atoms with Gasteiger partial charge in [-0.1, -0.05) is 19.1 Å². The fourth-order valence-corrected chi connectivity index (χ4v) is 4.98. The molecule has 2 aromatic heterocycles. The molecule has 0 bridgehead atoms. The van der Waals surface area contributed by atoms with Crippen LogP contribution < -0.4 is 11.0 Å². The van der Waals surface area contributed by atoms with E-state index in [-0.39, 0.29) is 5.69 Å². The van der Waals surface area contributed by atoms with E-state index in [0.717, 1.165) is 54.4 Å². The van der Waals surface area contributed by atoms with Crippen LogP contribution in [-0.4, -0.2) is 38.4 Å². The van der Waals surface area contributed by atoms with E-state index in [9.17, 15) is 4.79 Å². The maximum atomic E-state index is 13.5. The van der Waals surface area contributed by atoms with E-state index in [1.165, 1.54) is 12.8 Å². The van der Waals surface area contributed by atoms with Crippen molar-refractivity contribution in [2.24, 2.45) is 11.8 Å². The lowest BCUT2D eigenvalue weighted by Crippen LogP contribution is -2.26. The molecule has 33 heavy (non-hydrogen) atoms. The number of benzene rings is 1. The number of anilines is 1. The summed E-state index contributed by atoms with van der Waals surface area (Å²) in [6, 6.07) is 10.3. The number of rotatable bonds is 6. The van der Waals surface area contributed by atoms with Crippen molar-refractivity contribution >= 4 is 5.95 Å². The van der Waals surface area contributed by atoms with Gasteiger partial charge in [-0.15, -0.1) is 0 Å². The van der Waals surface area contributed by atoms with Crippen LogP contribution in [0.4, 0.5) is 5.95 Å². The molecule has 0 spiro atoms. The molecule has 3 aromatic rings. The summed E-state index contributed by atoms with van der Waals surface area (Å²) in [4.78, 5) is 22.8. The Bertz CT molecular complexity index is 1150. The number of aryl methyl sites for hydroxylation is 1. The summed E-state index contributed by atoms with van der Waals surface area (Å²) in [5.74, 6) is 1.79. The van der Waals surface area contributed by atoms with Gasteiger partial charge in [0.2, 0.25) is 5.95 Å². The van der Waals surface area contributed by atoms with Gasteiger partial charge in [-0.25, -0.2) is 14.8 Å². The Kier molecular flexibility index (Phi) is 6.31. The number of imidazole rings is 1. The number of aromatic nitrogens is 4. The molecule has 0 amide bonds. The molecular formula is C26H33N5O2. The van der Waals surface area contributed by atoms with Crippen LogP contribution in [0.5, 0.6) is 0 Å². The van der Waals surface area contributed by atoms with Crippen LogP contribution in [0.3, 0.4) is 0 Å². The maximum absolute atomic E-state index is 13.5. The third-order valence-electron chi connectivity index (χ3n) is 6.96. The van der Waals surface area contributed by atoms with Crippen LogP contribution in [0.25, 0.3) is 17.1 Å². The van der Waals surface area contributed by atoms with E-state index in [4.69, 9.17) is 9.72 Å². The minimum absolute atomic E-state index is 0.0445. The third-order valence-corrected chi connectivity index (χ3v) is 6.96. The molecule has 1 N–H and O–H groups in total. The molecule has 5 rings (SSSR count). The van der Waals surface area contributed by atoms with Crippen LogP contribution in [0.1, 0.15) is 44.6 Å². The van der Waals surface area contributed by atoms with Crippen LogP contribution in [0.15, 0.2) is 47.5 Å². The molecule has 1 aliphatic carbocycles. The van der Waals surface area contributed by atoms with Crippen molar-refractivity contribution in [1.82, 2.24) is 19.1 Å². The first kappa shape index (κ1) is 21.9. The molecule has 1 aliphatic heterocycles. The molecule has 1 saturated carbocycles. The first-order valence-corrected chi connectivity index (χ1v) is 12.1. The molecule has 0 radical (unpaired) electrons. The third kappa shape index (κ3) is 4.88. The van der Waals surface area contributed by atoms with Gasteiger partial charge in [0.05, 0.1) is 23.7 Å². The van der Waals surface area contributed by atoms with Crippen LogP contribution >= 0.6 is 0 Å². The van der Waals surface area contributed by atoms with E-state index in [0.29, 0.717) is 31.1 Å². The molecule has 7 heteroatoms. The fourth-order valence-electron chi connectivity index (χ4n) is 4.98. The van der Waals surface area contributed by atoms with Crippen LogP contribution in [0, 0.1) is 18.8 Å². The van der Waals surface area contributed by atoms with E-state index in [1.54, 1.807) is 10.8 Å². The highest BCUT2D eigenvalue weighted by molar-refractivity contribution is 5.59. The van der Waals surface area contributed by atoms with Crippen molar-refractivity contribution < 1.29 is 4.74 Å². The standard InChI is InChI=1S/C26H33N5O2/c1-18-6-8-21(9-7-18)28-25-27-12-10-23(29-25)24-16-30(15-20-11-13-33-17-20)26(32)31(24)22-5-3-4-19(2)14-22/h3-5,10,12,14,16,18,20-21H,6-9,11,13,15,17H2,1-2H3,(H,27,28,29)/t18-,20?,21-. The fraction of sp³-hybridized carbons (Fsp3) is 0.500. The number of nitrogens with one attached hydrogen (secondary N) is 1. The molecule has 174 valence electrons. The smallest absolute Gasteiger partial charge is 0.333 e. The second-order valence-electron chi connectivity index (χ2n) is 9.72. The number of hydrogen-bond donors (Lipinski definition) is 1. The van der Waals surface area contributed by atoms with Crippen molar-refractivity contribution in [3.63, 3.8) is 0 Å². The molecular weight excluding hydrogens is 414 g/mol. The van der Waals surface area contributed by atoms with Crippen LogP contribution in [0.2, 0.25) is 0 Å². The summed E-state index contributed by atoms with van der Waals surface area (Å²) in [6.45, 7) is 6.49. The molecule has 1 atom stereocenters. The summed E-state index contributed by atoms with van der Waals surface area (Å²) in [7, 11) is 0. The summed E-state index contributed by atoms with van der Waals surface area (Å²) in [5, 5.41) is 3.53. The van der Waals surface area contributed by atoms with Gasteiger partial charge in [0.25, 0.3) is 0 Å². The first-order chi connectivity index (χ1) is 16.1. The van der Waals surface area contributed by atoms with Gasteiger partial charge < -0.3 is 10.1 Å². The van der Waals surface area contributed by atoms with Crippen LogP contribution in [-0.2, 0) is 11.3 Å². The molecule has 7 nitrogen and oxygen atoms in total. The largest absolute Gasteiger partial charge is 0.381 e. The maximum Gasteiger partial charge on any atom is 0.333 e. The normalized spacial score (nSPS) is 23.0. The van der Waals surface area contributed by atoms with E-state index in [1.807, 2.05) is 48.0 Å². The Hall–Kier alpha value is -2.93. The van der Waals surface area contributed by atoms with Crippen molar-refractivity contribution in [3.8, 4) is 17.1 Å². The SMILES string of the molecule is Cc1cccc(-n2c(-c3ccnc(N[C@H]4CC[C@H](C)CC4)n3)cn(CC3CCOC3)c2=O)c1. The Labute approximate surface area is 194 Å². The van der Waals surface area contributed by atoms with Gasteiger partial charge in [0, 0.05) is 37.5 Å². The van der Waals surface area contributed by atoms with Crippen molar-refractivity contribution in [2.75, 3.05) is 18.5 Å². The quantitative estimate of drug-likeness (QED) is 0.605. The predicted molar refractivity (Wildman–Crippen MR) is 130 cm³/mol. The topological polar surface area (TPSA) is 74.0 Å². The van der Waals surface area contributed by atoms with Gasteiger partial charge >= 0.3 is 5.69 Å². The second kappa shape index (κ2) is 9.51. The minimum Gasteiger partial charge on any atom is -0.381 e. The lowest BCUT2D eigenvalue weighted by molar-refractivity contribution is 0.182. The number of hydrogen-bond acceptors (Lipinski definition) is 5. The Balaban J connectivity index is 1.50. The van der Waals surface area contributed by atoms with Crippen molar-refractivity contribution in [2.45, 2.75) is 58.5 Å². The summed E-state index contributed by atoms with van der Waals surface area (Å²) >= 11 is 0. The highest BCUT2D eigenvalue weighted by Gasteiger charge is 2.22.